The number of alkyl halides is 2. The number of carbonyl (C=O) groups excluding carboxylic acids is 1. The number of nitrogens with two attached hydrogens (primary N) is 1. The molecule has 3 N–H and O–H groups in total. The van der Waals surface area contributed by atoms with Gasteiger partial charge in [0.1, 0.15) is 0 Å². The normalized spacial score (nSPS) is 22.4. The summed E-state index contributed by atoms with van der Waals surface area (Å²) in [5.74, 6) is -3.30. The highest BCUT2D eigenvalue weighted by molar-refractivity contribution is 5.97. The Hall–Kier alpha value is -2.06. The molecule has 1 aliphatic carbocycles. The van der Waals surface area contributed by atoms with Gasteiger partial charge >= 0.3 is 0 Å². The molecule has 0 saturated heterocycles. The SMILES string of the molecule is Cl.NC1CC(F)(F)CC1NC(=O)c1ccccc1-n1nccn1. The minimum atomic E-state index is -2.83. The molecule has 2 atom stereocenters. The number of nitrogens with one attached hydrogen (secondary N) is 1. The molecular weight excluding hydrogens is 328 g/mol. The van der Waals surface area contributed by atoms with Gasteiger partial charge in [-0.25, -0.2) is 8.78 Å². The van der Waals surface area contributed by atoms with E-state index in [-0.39, 0.29) is 12.4 Å². The van der Waals surface area contributed by atoms with Crippen molar-refractivity contribution in [1.29, 1.82) is 0 Å². The number of rotatable bonds is 3. The van der Waals surface area contributed by atoms with Gasteiger partial charge in [-0.1, -0.05) is 12.1 Å². The quantitative estimate of drug-likeness (QED) is 0.885. The Morgan fingerprint density at radius 2 is 1.91 bits per heavy atom. The molecule has 0 bridgehead atoms. The van der Waals surface area contributed by atoms with Crippen molar-refractivity contribution in [3.05, 3.63) is 42.2 Å². The number of hydrogen-bond acceptors (Lipinski definition) is 4. The van der Waals surface area contributed by atoms with Crippen molar-refractivity contribution in [2.45, 2.75) is 30.8 Å². The van der Waals surface area contributed by atoms with Crippen LogP contribution in [-0.4, -0.2) is 38.9 Å². The maximum Gasteiger partial charge on any atom is 0.253 e. The molecule has 1 amide bonds. The third-order valence-electron chi connectivity index (χ3n) is 3.67. The molecule has 2 aromatic rings. The van der Waals surface area contributed by atoms with Gasteiger partial charge in [0.15, 0.2) is 0 Å². The second-order valence-corrected chi connectivity index (χ2v) is 5.34. The van der Waals surface area contributed by atoms with E-state index in [1.807, 2.05) is 0 Å². The van der Waals surface area contributed by atoms with E-state index in [9.17, 15) is 13.6 Å². The second-order valence-electron chi connectivity index (χ2n) is 5.34. The third kappa shape index (κ3) is 3.65. The Morgan fingerprint density at radius 1 is 1.26 bits per heavy atom. The number of carbonyl (C=O) groups is 1. The summed E-state index contributed by atoms with van der Waals surface area (Å²) in [5, 5.41) is 10.6. The van der Waals surface area contributed by atoms with E-state index < -0.39 is 36.8 Å². The Bertz CT molecular complexity index is 680. The van der Waals surface area contributed by atoms with Gasteiger partial charge in [-0.05, 0) is 12.1 Å². The molecule has 1 heterocycles. The lowest BCUT2D eigenvalue weighted by atomic mass is 10.1. The molecule has 1 saturated carbocycles. The second kappa shape index (κ2) is 6.59. The van der Waals surface area contributed by atoms with Crippen molar-refractivity contribution in [3.8, 4) is 5.69 Å². The minimum absolute atomic E-state index is 0. The lowest BCUT2D eigenvalue weighted by Crippen LogP contribution is -2.44. The highest BCUT2D eigenvalue weighted by Gasteiger charge is 2.45. The monoisotopic (exact) mass is 343 g/mol. The van der Waals surface area contributed by atoms with Crippen molar-refractivity contribution in [2.75, 3.05) is 0 Å². The first-order chi connectivity index (χ1) is 10.5. The number of nitrogens with zero attached hydrogens (tertiary/aromatic N) is 3. The number of aromatic nitrogens is 3. The van der Waals surface area contributed by atoms with Crippen molar-refractivity contribution in [1.82, 2.24) is 20.3 Å². The molecule has 6 nitrogen and oxygen atoms in total. The number of hydrogen-bond donors (Lipinski definition) is 2. The number of halogens is 3. The highest BCUT2D eigenvalue weighted by Crippen LogP contribution is 2.34. The largest absolute Gasteiger partial charge is 0.347 e. The average Bonchev–Trinajstić information content (AvgIpc) is 3.07. The predicted octanol–water partition coefficient (Wildman–Crippen LogP) is 1.54. The summed E-state index contributed by atoms with van der Waals surface area (Å²) in [7, 11) is 0. The van der Waals surface area contributed by atoms with E-state index in [1.54, 1.807) is 24.3 Å². The van der Waals surface area contributed by atoms with Gasteiger partial charge < -0.3 is 11.1 Å². The van der Waals surface area contributed by atoms with E-state index in [0.717, 1.165) is 0 Å². The molecule has 0 spiro atoms. The Morgan fingerprint density at radius 3 is 2.52 bits per heavy atom. The number of para-hydroxylation sites is 1. The standard InChI is InChI=1S/C14H15F2N5O.ClH/c15-14(16)7-10(17)11(8-14)20-13(22)9-3-1-2-4-12(9)21-18-5-6-19-21;/h1-6,10-11H,7-8,17H2,(H,20,22);1H. The van der Waals surface area contributed by atoms with E-state index in [4.69, 9.17) is 5.73 Å². The van der Waals surface area contributed by atoms with Crippen LogP contribution in [0.15, 0.2) is 36.7 Å². The lowest BCUT2D eigenvalue weighted by Gasteiger charge is -2.17. The van der Waals surface area contributed by atoms with Crippen LogP contribution in [0, 0.1) is 0 Å². The van der Waals surface area contributed by atoms with Gasteiger partial charge in [0.2, 0.25) is 0 Å². The zero-order valence-corrected chi connectivity index (χ0v) is 12.8. The van der Waals surface area contributed by atoms with Crippen LogP contribution in [0.2, 0.25) is 0 Å². The molecule has 124 valence electrons. The fourth-order valence-electron chi connectivity index (χ4n) is 2.63. The van der Waals surface area contributed by atoms with Crippen molar-refractivity contribution >= 4 is 18.3 Å². The molecule has 9 heteroatoms. The summed E-state index contributed by atoms with van der Waals surface area (Å²) in [6.45, 7) is 0. The Labute approximate surface area is 137 Å². The maximum absolute atomic E-state index is 13.3. The molecule has 1 aromatic carbocycles. The molecule has 0 radical (unpaired) electrons. The average molecular weight is 344 g/mol. The van der Waals surface area contributed by atoms with E-state index in [0.29, 0.717) is 11.3 Å². The van der Waals surface area contributed by atoms with Gasteiger partial charge in [-0.15, -0.1) is 12.4 Å². The van der Waals surface area contributed by atoms with E-state index in [1.165, 1.54) is 17.2 Å². The fourth-order valence-corrected chi connectivity index (χ4v) is 2.63. The van der Waals surface area contributed by atoms with Gasteiger partial charge in [-0.3, -0.25) is 4.79 Å². The molecule has 2 unspecified atom stereocenters. The smallest absolute Gasteiger partial charge is 0.253 e. The molecule has 1 aliphatic rings. The van der Waals surface area contributed by atoms with Crippen molar-refractivity contribution in [2.24, 2.45) is 5.73 Å². The first-order valence-corrected chi connectivity index (χ1v) is 6.86. The summed E-state index contributed by atoms with van der Waals surface area (Å²) >= 11 is 0. The zero-order chi connectivity index (χ0) is 15.7. The maximum atomic E-state index is 13.3. The van der Waals surface area contributed by atoms with E-state index in [2.05, 4.69) is 15.5 Å². The predicted molar refractivity (Wildman–Crippen MR) is 82.0 cm³/mol. The van der Waals surface area contributed by atoms with Crippen LogP contribution >= 0.6 is 12.4 Å². The van der Waals surface area contributed by atoms with Gasteiger partial charge in [0.05, 0.1) is 29.7 Å². The molecule has 1 aromatic heterocycles. The molecule has 23 heavy (non-hydrogen) atoms. The van der Waals surface area contributed by atoms with Crippen LogP contribution in [-0.2, 0) is 0 Å². The minimum Gasteiger partial charge on any atom is -0.347 e. The molecule has 0 aliphatic heterocycles. The summed E-state index contributed by atoms with van der Waals surface area (Å²) in [4.78, 5) is 13.7. The lowest BCUT2D eigenvalue weighted by molar-refractivity contribution is 0.00614. The van der Waals surface area contributed by atoms with Crippen LogP contribution < -0.4 is 11.1 Å². The Balaban J connectivity index is 0.00000192. The molecule has 1 fully saturated rings. The molecule has 3 rings (SSSR count). The zero-order valence-electron chi connectivity index (χ0n) is 12.0. The van der Waals surface area contributed by atoms with Crippen LogP contribution in [0.1, 0.15) is 23.2 Å². The first-order valence-electron chi connectivity index (χ1n) is 6.86. The van der Waals surface area contributed by atoms with E-state index >= 15 is 0 Å². The molecular formula is C14H16ClF2N5O. The summed E-state index contributed by atoms with van der Waals surface area (Å²) in [5.41, 5.74) is 6.47. The van der Waals surface area contributed by atoms with Gasteiger partial charge in [-0.2, -0.15) is 15.0 Å². The third-order valence-corrected chi connectivity index (χ3v) is 3.67. The number of benzene rings is 1. The van der Waals surface area contributed by atoms with Gasteiger partial charge in [0.25, 0.3) is 11.8 Å². The Kier molecular flexibility index (Phi) is 4.96. The van der Waals surface area contributed by atoms with Crippen molar-refractivity contribution in [3.63, 3.8) is 0 Å². The fraction of sp³-hybridized carbons (Fsp3) is 0.357. The highest BCUT2D eigenvalue weighted by atomic mass is 35.5. The topological polar surface area (TPSA) is 85.8 Å². The van der Waals surface area contributed by atoms with Gasteiger partial charge in [0, 0.05) is 18.9 Å². The van der Waals surface area contributed by atoms with Crippen LogP contribution in [0.5, 0.6) is 0 Å². The van der Waals surface area contributed by atoms with Crippen LogP contribution in [0.25, 0.3) is 5.69 Å². The summed E-state index contributed by atoms with van der Waals surface area (Å²) < 4.78 is 26.7. The summed E-state index contributed by atoms with van der Waals surface area (Å²) in [6.07, 6.45) is 2.12. The van der Waals surface area contributed by atoms with Crippen LogP contribution in [0.4, 0.5) is 8.78 Å². The number of amides is 1. The van der Waals surface area contributed by atoms with Crippen molar-refractivity contribution < 1.29 is 13.6 Å². The summed E-state index contributed by atoms with van der Waals surface area (Å²) in [6, 6.07) is 5.19. The van der Waals surface area contributed by atoms with Crippen LogP contribution in [0.3, 0.4) is 0 Å². The first kappa shape index (κ1) is 17.3.